The first-order chi connectivity index (χ1) is 12.8. The van der Waals surface area contributed by atoms with Crippen LogP contribution in [0.1, 0.15) is 15.9 Å². The molecule has 27 heavy (non-hydrogen) atoms. The van der Waals surface area contributed by atoms with Gasteiger partial charge in [0, 0.05) is 17.8 Å². The fraction of sp³-hybridized carbons (Fsp3) is 0.105. The summed E-state index contributed by atoms with van der Waals surface area (Å²) in [5, 5.41) is 11.7. The van der Waals surface area contributed by atoms with Crippen LogP contribution in [-0.4, -0.2) is 41.6 Å². The predicted molar refractivity (Wildman–Crippen MR) is 102 cm³/mol. The van der Waals surface area contributed by atoms with Crippen molar-refractivity contribution in [2.24, 2.45) is 0 Å². The van der Waals surface area contributed by atoms with Gasteiger partial charge in [-0.1, -0.05) is 36.4 Å². The number of amides is 2. The van der Waals surface area contributed by atoms with E-state index >= 15 is 0 Å². The van der Waals surface area contributed by atoms with Gasteiger partial charge in [0.25, 0.3) is 5.91 Å². The van der Waals surface area contributed by atoms with Crippen molar-refractivity contribution in [3.63, 3.8) is 0 Å². The topological polar surface area (TPSA) is 95.9 Å². The Morgan fingerprint density at radius 3 is 2.67 bits per heavy atom. The van der Waals surface area contributed by atoms with Gasteiger partial charge in [-0.25, -0.2) is 4.79 Å². The third kappa shape index (κ3) is 5.58. The maximum absolute atomic E-state index is 12.6. The third-order valence-corrected chi connectivity index (χ3v) is 3.68. The molecule has 0 saturated heterocycles. The molecular weight excluding hydrogens is 372 g/mol. The molecule has 0 atom stereocenters. The number of nitrogens with one attached hydrogen (secondary N) is 1. The Morgan fingerprint density at radius 1 is 1.26 bits per heavy atom. The Labute approximate surface area is 160 Å². The van der Waals surface area contributed by atoms with Crippen molar-refractivity contribution in [3.8, 4) is 5.75 Å². The van der Waals surface area contributed by atoms with Crippen LogP contribution in [0, 0.1) is 0 Å². The SMILES string of the molecule is C=Cc1cccc(NC(=O)c2cc(Cl)ccc2OC(=O)N(C)CC(=O)O)c1. The number of carbonyl (C=O) groups excluding carboxylic acids is 2. The number of hydrogen-bond donors (Lipinski definition) is 2. The Balaban J connectivity index is 2.23. The number of ether oxygens (including phenoxy) is 1. The van der Waals surface area contributed by atoms with Crippen molar-refractivity contribution in [2.75, 3.05) is 18.9 Å². The zero-order chi connectivity index (χ0) is 20.0. The largest absolute Gasteiger partial charge is 0.480 e. The molecule has 2 aromatic rings. The van der Waals surface area contributed by atoms with Crippen molar-refractivity contribution < 1.29 is 24.2 Å². The quantitative estimate of drug-likeness (QED) is 0.785. The number of nitrogens with zero attached hydrogens (tertiary/aromatic N) is 1. The molecule has 0 aromatic heterocycles. The molecular formula is C19H17ClN2O5. The first kappa shape index (κ1) is 20.0. The highest BCUT2D eigenvalue weighted by atomic mass is 35.5. The lowest BCUT2D eigenvalue weighted by Gasteiger charge is -2.16. The molecule has 2 amide bonds. The van der Waals surface area contributed by atoms with Gasteiger partial charge in [-0.3, -0.25) is 14.5 Å². The monoisotopic (exact) mass is 388 g/mol. The molecule has 2 aromatic carbocycles. The molecule has 2 rings (SSSR count). The summed E-state index contributed by atoms with van der Waals surface area (Å²) in [5.74, 6) is -1.77. The lowest BCUT2D eigenvalue weighted by molar-refractivity contribution is -0.137. The fourth-order valence-corrected chi connectivity index (χ4v) is 2.32. The average Bonchev–Trinajstić information content (AvgIpc) is 2.62. The molecule has 0 spiro atoms. The number of benzene rings is 2. The van der Waals surface area contributed by atoms with Crippen molar-refractivity contribution in [2.45, 2.75) is 0 Å². The summed E-state index contributed by atoms with van der Waals surface area (Å²) in [6.45, 7) is 3.13. The molecule has 0 heterocycles. The van der Waals surface area contributed by atoms with Crippen LogP contribution in [0.15, 0.2) is 49.0 Å². The standard InChI is InChI=1S/C19H17ClN2O5/c1-3-12-5-4-6-14(9-12)21-18(25)15-10-13(20)7-8-16(15)27-19(26)22(2)11-17(23)24/h3-10H,1,11H2,2H3,(H,21,25)(H,23,24). The predicted octanol–water partition coefficient (Wildman–Crippen LogP) is 3.75. The summed E-state index contributed by atoms with van der Waals surface area (Å²) in [5.41, 5.74) is 1.38. The van der Waals surface area contributed by atoms with Crippen molar-refractivity contribution in [1.29, 1.82) is 0 Å². The highest BCUT2D eigenvalue weighted by Crippen LogP contribution is 2.25. The molecule has 0 aliphatic rings. The number of rotatable bonds is 6. The summed E-state index contributed by atoms with van der Waals surface area (Å²) in [7, 11) is 1.27. The van der Waals surface area contributed by atoms with E-state index in [1.807, 2.05) is 6.07 Å². The van der Waals surface area contributed by atoms with E-state index in [-0.39, 0.29) is 16.3 Å². The maximum atomic E-state index is 12.6. The molecule has 0 saturated carbocycles. The second-order valence-corrected chi connectivity index (χ2v) is 5.98. The van der Waals surface area contributed by atoms with Gasteiger partial charge in [0.05, 0.1) is 5.56 Å². The smallest absolute Gasteiger partial charge is 0.415 e. The van der Waals surface area contributed by atoms with Gasteiger partial charge in [0.1, 0.15) is 12.3 Å². The van der Waals surface area contributed by atoms with Crippen LogP contribution < -0.4 is 10.1 Å². The van der Waals surface area contributed by atoms with E-state index in [1.165, 1.54) is 25.2 Å². The lowest BCUT2D eigenvalue weighted by Crippen LogP contribution is -2.34. The normalized spacial score (nSPS) is 10.0. The number of likely N-dealkylation sites (N-methyl/N-ethyl adjacent to an activating group) is 1. The van der Waals surface area contributed by atoms with E-state index in [2.05, 4.69) is 11.9 Å². The van der Waals surface area contributed by atoms with Gasteiger partial charge in [0.15, 0.2) is 0 Å². The average molecular weight is 389 g/mol. The first-order valence-corrected chi connectivity index (χ1v) is 8.16. The zero-order valence-corrected chi connectivity index (χ0v) is 15.2. The molecule has 0 bridgehead atoms. The van der Waals surface area contributed by atoms with Crippen molar-refractivity contribution in [3.05, 3.63) is 65.2 Å². The summed E-state index contributed by atoms with van der Waals surface area (Å²) >= 11 is 5.96. The summed E-state index contributed by atoms with van der Waals surface area (Å²) in [6.07, 6.45) is 0.725. The van der Waals surface area contributed by atoms with Gasteiger partial charge >= 0.3 is 12.1 Å². The molecule has 8 heteroatoms. The number of halogens is 1. The third-order valence-electron chi connectivity index (χ3n) is 3.45. The molecule has 140 valence electrons. The fourth-order valence-electron chi connectivity index (χ4n) is 2.15. The van der Waals surface area contributed by atoms with Crippen molar-refractivity contribution >= 4 is 41.3 Å². The number of aliphatic carboxylic acids is 1. The van der Waals surface area contributed by atoms with Crippen LogP contribution in [0.25, 0.3) is 6.08 Å². The highest BCUT2D eigenvalue weighted by molar-refractivity contribution is 6.31. The summed E-state index contributed by atoms with van der Waals surface area (Å²) in [4.78, 5) is 36.2. The van der Waals surface area contributed by atoms with Crippen LogP contribution in [-0.2, 0) is 4.79 Å². The number of carboxylic acid groups (broad SMARTS) is 1. The molecule has 0 unspecified atom stereocenters. The Bertz CT molecular complexity index is 897. The van der Waals surface area contributed by atoms with Crippen LogP contribution in [0.5, 0.6) is 5.75 Å². The molecule has 0 aliphatic carbocycles. The Morgan fingerprint density at radius 2 is 2.00 bits per heavy atom. The Hall–Kier alpha value is -3.32. The van der Waals surface area contributed by atoms with Gasteiger partial charge in [0.2, 0.25) is 0 Å². The molecule has 0 fully saturated rings. The minimum atomic E-state index is -1.19. The zero-order valence-electron chi connectivity index (χ0n) is 14.4. The molecule has 0 aliphatic heterocycles. The van der Waals surface area contributed by atoms with E-state index in [0.717, 1.165) is 10.5 Å². The van der Waals surface area contributed by atoms with Crippen LogP contribution >= 0.6 is 11.6 Å². The molecule has 2 N–H and O–H groups in total. The number of hydrogen-bond acceptors (Lipinski definition) is 4. The van der Waals surface area contributed by atoms with Gasteiger partial charge in [-0.05, 0) is 35.9 Å². The van der Waals surface area contributed by atoms with Gasteiger partial charge in [-0.15, -0.1) is 0 Å². The first-order valence-electron chi connectivity index (χ1n) is 7.78. The van der Waals surface area contributed by atoms with E-state index in [1.54, 1.807) is 24.3 Å². The van der Waals surface area contributed by atoms with E-state index < -0.39 is 24.5 Å². The lowest BCUT2D eigenvalue weighted by atomic mass is 10.1. The van der Waals surface area contributed by atoms with Crippen LogP contribution in [0.3, 0.4) is 0 Å². The van der Waals surface area contributed by atoms with Gasteiger partial charge < -0.3 is 15.2 Å². The van der Waals surface area contributed by atoms with Gasteiger partial charge in [-0.2, -0.15) is 0 Å². The van der Waals surface area contributed by atoms with Crippen molar-refractivity contribution in [1.82, 2.24) is 4.90 Å². The van der Waals surface area contributed by atoms with E-state index in [4.69, 9.17) is 21.4 Å². The summed E-state index contributed by atoms with van der Waals surface area (Å²) < 4.78 is 5.15. The van der Waals surface area contributed by atoms with E-state index in [9.17, 15) is 14.4 Å². The number of anilines is 1. The van der Waals surface area contributed by atoms with Crippen LogP contribution in [0.4, 0.5) is 10.5 Å². The number of carbonyl (C=O) groups is 3. The second-order valence-electron chi connectivity index (χ2n) is 5.54. The van der Waals surface area contributed by atoms with E-state index in [0.29, 0.717) is 5.69 Å². The molecule has 7 nitrogen and oxygen atoms in total. The highest BCUT2D eigenvalue weighted by Gasteiger charge is 2.19. The molecule has 0 radical (unpaired) electrons. The second kappa shape index (κ2) is 8.86. The number of carboxylic acids is 1. The minimum absolute atomic E-state index is 0.0311. The van der Waals surface area contributed by atoms with Crippen LogP contribution in [0.2, 0.25) is 5.02 Å². The Kier molecular flexibility index (Phi) is 6.56. The maximum Gasteiger partial charge on any atom is 0.415 e. The minimum Gasteiger partial charge on any atom is -0.480 e. The summed E-state index contributed by atoms with van der Waals surface area (Å²) in [6, 6.07) is 11.2.